The Hall–Kier alpha value is -3.27. The Bertz CT molecular complexity index is 900. The van der Waals surface area contributed by atoms with E-state index in [0.717, 1.165) is 22.7 Å². The molecule has 3 aromatic carbocycles. The Labute approximate surface area is 166 Å². The third-order valence-electron chi connectivity index (χ3n) is 4.71. The standard InChI is InChI=1S/C24H25NO3/c1-17-4-10-20(11-5-17)25-23(18-6-12-21(27-2)13-7-18)16-24(26)19-8-14-22(28-3)15-9-19/h4-15,23,25H,16H2,1-3H3. The van der Waals surface area contributed by atoms with Gasteiger partial charge < -0.3 is 14.8 Å². The second-order valence-corrected chi connectivity index (χ2v) is 6.69. The summed E-state index contributed by atoms with van der Waals surface area (Å²) in [6.45, 7) is 2.05. The zero-order valence-electron chi connectivity index (χ0n) is 16.4. The lowest BCUT2D eigenvalue weighted by Crippen LogP contribution is -2.16. The first kappa shape index (κ1) is 19.5. The van der Waals surface area contributed by atoms with E-state index < -0.39 is 0 Å². The van der Waals surface area contributed by atoms with Gasteiger partial charge >= 0.3 is 0 Å². The Morgan fingerprint density at radius 2 is 1.36 bits per heavy atom. The van der Waals surface area contributed by atoms with Gasteiger partial charge in [0.25, 0.3) is 0 Å². The fourth-order valence-electron chi connectivity index (χ4n) is 3.02. The summed E-state index contributed by atoms with van der Waals surface area (Å²) in [5.74, 6) is 1.60. The fraction of sp³-hybridized carbons (Fsp3) is 0.208. The highest BCUT2D eigenvalue weighted by Crippen LogP contribution is 2.27. The van der Waals surface area contributed by atoms with E-state index in [9.17, 15) is 4.79 Å². The number of ketones is 1. The maximum Gasteiger partial charge on any atom is 0.165 e. The van der Waals surface area contributed by atoms with E-state index >= 15 is 0 Å². The lowest BCUT2D eigenvalue weighted by molar-refractivity contribution is 0.0976. The van der Waals surface area contributed by atoms with Gasteiger partial charge in [-0.15, -0.1) is 0 Å². The summed E-state index contributed by atoms with van der Waals surface area (Å²) in [6.07, 6.45) is 0.340. The molecule has 0 fully saturated rings. The molecule has 0 aliphatic rings. The summed E-state index contributed by atoms with van der Waals surface area (Å²) in [6, 6.07) is 23.1. The summed E-state index contributed by atoms with van der Waals surface area (Å²) in [7, 11) is 3.26. The van der Waals surface area contributed by atoms with Crippen molar-refractivity contribution < 1.29 is 14.3 Å². The van der Waals surface area contributed by atoms with Crippen molar-refractivity contribution in [3.8, 4) is 11.5 Å². The highest BCUT2D eigenvalue weighted by molar-refractivity contribution is 5.96. The van der Waals surface area contributed by atoms with Crippen LogP contribution < -0.4 is 14.8 Å². The molecule has 0 aliphatic carbocycles. The predicted octanol–water partition coefficient (Wildman–Crippen LogP) is 5.44. The van der Waals surface area contributed by atoms with E-state index in [1.165, 1.54) is 5.56 Å². The van der Waals surface area contributed by atoms with Crippen LogP contribution in [0.5, 0.6) is 11.5 Å². The molecule has 0 aliphatic heterocycles. The maximum absolute atomic E-state index is 12.9. The third-order valence-corrected chi connectivity index (χ3v) is 4.71. The van der Waals surface area contributed by atoms with Gasteiger partial charge in [-0.05, 0) is 61.0 Å². The van der Waals surface area contributed by atoms with E-state index in [0.29, 0.717) is 12.0 Å². The van der Waals surface area contributed by atoms with Crippen LogP contribution in [0.15, 0.2) is 72.8 Å². The van der Waals surface area contributed by atoms with Crippen LogP contribution in [0.2, 0.25) is 0 Å². The first-order valence-corrected chi connectivity index (χ1v) is 9.23. The van der Waals surface area contributed by atoms with Crippen LogP contribution in [0.25, 0.3) is 0 Å². The molecule has 1 atom stereocenters. The van der Waals surface area contributed by atoms with Gasteiger partial charge in [0, 0.05) is 17.7 Å². The van der Waals surface area contributed by atoms with Crippen LogP contribution in [0.4, 0.5) is 5.69 Å². The molecule has 0 spiro atoms. The van der Waals surface area contributed by atoms with Crippen LogP contribution in [0, 0.1) is 6.92 Å². The van der Waals surface area contributed by atoms with Crippen molar-refractivity contribution in [1.29, 1.82) is 0 Å². The first-order valence-electron chi connectivity index (χ1n) is 9.23. The van der Waals surface area contributed by atoms with Gasteiger partial charge in [0.15, 0.2) is 5.78 Å². The average molecular weight is 375 g/mol. The largest absolute Gasteiger partial charge is 0.497 e. The number of carbonyl (C=O) groups excluding carboxylic acids is 1. The summed E-state index contributed by atoms with van der Waals surface area (Å²) < 4.78 is 10.4. The molecular weight excluding hydrogens is 350 g/mol. The SMILES string of the molecule is COc1ccc(C(=O)CC(Nc2ccc(C)cc2)c2ccc(OC)cc2)cc1. The summed E-state index contributed by atoms with van der Waals surface area (Å²) in [5, 5.41) is 3.50. The molecule has 0 saturated heterocycles. The zero-order valence-corrected chi connectivity index (χ0v) is 16.4. The molecule has 0 radical (unpaired) electrons. The monoisotopic (exact) mass is 375 g/mol. The van der Waals surface area contributed by atoms with Crippen LogP contribution in [-0.4, -0.2) is 20.0 Å². The number of hydrogen-bond acceptors (Lipinski definition) is 4. The van der Waals surface area contributed by atoms with Crippen LogP contribution in [0.1, 0.15) is 33.9 Å². The van der Waals surface area contributed by atoms with Crippen molar-refractivity contribution in [1.82, 2.24) is 0 Å². The van der Waals surface area contributed by atoms with Crippen molar-refractivity contribution in [2.24, 2.45) is 0 Å². The van der Waals surface area contributed by atoms with Crippen molar-refractivity contribution >= 4 is 11.5 Å². The van der Waals surface area contributed by atoms with Gasteiger partial charge in [-0.2, -0.15) is 0 Å². The van der Waals surface area contributed by atoms with Gasteiger partial charge in [-0.1, -0.05) is 29.8 Å². The number of rotatable bonds is 8. The van der Waals surface area contributed by atoms with E-state index in [-0.39, 0.29) is 11.8 Å². The molecular formula is C24H25NO3. The second-order valence-electron chi connectivity index (χ2n) is 6.69. The topological polar surface area (TPSA) is 47.6 Å². The number of benzene rings is 3. The number of anilines is 1. The number of ether oxygens (including phenoxy) is 2. The molecule has 0 saturated carbocycles. The van der Waals surface area contributed by atoms with E-state index in [2.05, 4.69) is 24.4 Å². The average Bonchev–Trinajstić information content (AvgIpc) is 2.75. The number of hydrogen-bond donors (Lipinski definition) is 1. The fourth-order valence-corrected chi connectivity index (χ4v) is 3.02. The van der Waals surface area contributed by atoms with Crippen molar-refractivity contribution in [2.45, 2.75) is 19.4 Å². The van der Waals surface area contributed by atoms with Crippen LogP contribution in [-0.2, 0) is 0 Å². The minimum atomic E-state index is -0.150. The van der Waals surface area contributed by atoms with Gasteiger partial charge in [0.2, 0.25) is 0 Å². The normalized spacial score (nSPS) is 11.5. The lowest BCUT2D eigenvalue weighted by Gasteiger charge is -2.20. The van der Waals surface area contributed by atoms with Gasteiger partial charge in [0.05, 0.1) is 20.3 Å². The molecule has 0 heterocycles. The molecule has 0 bridgehead atoms. The first-order chi connectivity index (χ1) is 13.6. The Balaban J connectivity index is 1.83. The molecule has 4 nitrogen and oxygen atoms in total. The number of nitrogens with one attached hydrogen (secondary N) is 1. The van der Waals surface area contributed by atoms with E-state index in [4.69, 9.17) is 9.47 Å². The minimum absolute atomic E-state index is 0.0723. The number of methoxy groups -OCH3 is 2. The Morgan fingerprint density at radius 3 is 1.89 bits per heavy atom. The second kappa shape index (κ2) is 9.09. The van der Waals surface area contributed by atoms with Crippen molar-refractivity contribution in [2.75, 3.05) is 19.5 Å². The highest BCUT2D eigenvalue weighted by atomic mass is 16.5. The van der Waals surface area contributed by atoms with Crippen LogP contribution in [0.3, 0.4) is 0 Å². The maximum atomic E-state index is 12.9. The Morgan fingerprint density at radius 1 is 0.821 bits per heavy atom. The molecule has 0 amide bonds. The molecule has 0 aromatic heterocycles. The molecule has 1 unspecified atom stereocenters. The van der Waals surface area contributed by atoms with Crippen molar-refractivity contribution in [3.63, 3.8) is 0 Å². The number of aryl methyl sites for hydroxylation is 1. The molecule has 1 N–H and O–H groups in total. The number of carbonyl (C=O) groups is 1. The molecule has 3 aromatic rings. The molecule has 144 valence electrons. The van der Waals surface area contributed by atoms with E-state index in [1.807, 2.05) is 48.5 Å². The predicted molar refractivity (Wildman–Crippen MR) is 112 cm³/mol. The van der Waals surface area contributed by atoms with E-state index in [1.54, 1.807) is 26.4 Å². The number of Topliss-reactive ketones (excluding diaryl/α,β-unsaturated/α-hetero) is 1. The van der Waals surface area contributed by atoms with Crippen molar-refractivity contribution in [3.05, 3.63) is 89.5 Å². The quantitative estimate of drug-likeness (QED) is 0.533. The smallest absolute Gasteiger partial charge is 0.165 e. The van der Waals surface area contributed by atoms with Crippen LogP contribution >= 0.6 is 0 Å². The summed E-state index contributed by atoms with van der Waals surface area (Å²) >= 11 is 0. The Kier molecular flexibility index (Phi) is 6.33. The molecule has 28 heavy (non-hydrogen) atoms. The molecule has 3 rings (SSSR count). The highest BCUT2D eigenvalue weighted by Gasteiger charge is 2.18. The summed E-state index contributed by atoms with van der Waals surface area (Å²) in [4.78, 5) is 12.9. The molecule has 4 heteroatoms. The van der Waals surface area contributed by atoms with Gasteiger partial charge in [-0.25, -0.2) is 0 Å². The van der Waals surface area contributed by atoms with Gasteiger partial charge in [0.1, 0.15) is 11.5 Å². The van der Waals surface area contributed by atoms with Gasteiger partial charge in [-0.3, -0.25) is 4.79 Å². The third kappa shape index (κ3) is 4.92. The minimum Gasteiger partial charge on any atom is -0.497 e. The summed E-state index contributed by atoms with van der Waals surface area (Å²) in [5.41, 5.74) is 3.88. The zero-order chi connectivity index (χ0) is 19.9. The lowest BCUT2D eigenvalue weighted by atomic mass is 9.97.